The Hall–Kier alpha value is -1.55. The van der Waals surface area contributed by atoms with Crippen molar-refractivity contribution in [3.8, 4) is 17.0 Å². The van der Waals surface area contributed by atoms with E-state index in [0.29, 0.717) is 5.13 Å². The molecule has 2 N–H and O–H groups in total. The molecule has 0 saturated carbocycles. The second-order valence-corrected chi connectivity index (χ2v) is 6.31. The predicted octanol–water partition coefficient (Wildman–Crippen LogP) is 4.06. The number of benzene rings is 1. The Kier molecular flexibility index (Phi) is 3.92. The number of unbranched alkanes of at least 4 members (excludes halogenated alkanes) is 2. The number of aryl methyl sites for hydroxylation is 2. The summed E-state index contributed by atoms with van der Waals surface area (Å²) in [5, 5.41) is 0.669. The summed E-state index contributed by atoms with van der Waals surface area (Å²) < 4.78 is 5.82. The van der Waals surface area contributed by atoms with Gasteiger partial charge in [0.2, 0.25) is 0 Å². The number of rotatable bonds is 5. The summed E-state index contributed by atoms with van der Waals surface area (Å²) in [6.07, 6.45) is 5.67. The number of aromatic nitrogens is 1. The minimum absolute atomic E-state index is 0.669. The highest BCUT2D eigenvalue weighted by molar-refractivity contribution is 7.15. The molecule has 0 saturated heterocycles. The van der Waals surface area contributed by atoms with Crippen molar-refractivity contribution in [1.29, 1.82) is 0 Å². The number of hydrogen-bond donors (Lipinski definition) is 1. The van der Waals surface area contributed by atoms with Crippen molar-refractivity contribution in [3.63, 3.8) is 0 Å². The Morgan fingerprint density at radius 3 is 3.05 bits per heavy atom. The van der Waals surface area contributed by atoms with E-state index in [0.717, 1.165) is 37.3 Å². The van der Waals surface area contributed by atoms with E-state index in [4.69, 9.17) is 10.5 Å². The number of ether oxygens (including phenoxy) is 1. The van der Waals surface area contributed by atoms with Crippen molar-refractivity contribution < 1.29 is 4.74 Å². The smallest absolute Gasteiger partial charge is 0.180 e. The van der Waals surface area contributed by atoms with Crippen LogP contribution >= 0.6 is 11.3 Å². The Morgan fingerprint density at radius 2 is 2.20 bits per heavy atom. The summed E-state index contributed by atoms with van der Waals surface area (Å²) >= 11 is 1.61. The van der Waals surface area contributed by atoms with E-state index >= 15 is 0 Å². The quantitative estimate of drug-likeness (QED) is 0.844. The van der Waals surface area contributed by atoms with Crippen LogP contribution in [0.3, 0.4) is 0 Å². The Bertz CT molecular complexity index is 607. The van der Waals surface area contributed by atoms with Crippen LogP contribution < -0.4 is 10.5 Å². The van der Waals surface area contributed by atoms with Gasteiger partial charge in [0.15, 0.2) is 5.13 Å². The number of nitrogen functional groups attached to an aromatic ring is 1. The average Bonchev–Trinajstić information content (AvgIpc) is 2.84. The van der Waals surface area contributed by atoms with Crippen LogP contribution in [0.25, 0.3) is 11.3 Å². The second kappa shape index (κ2) is 5.83. The van der Waals surface area contributed by atoms with Crippen LogP contribution in [0.2, 0.25) is 0 Å². The Labute approximate surface area is 123 Å². The molecule has 1 aliphatic rings. The van der Waals surface area contributed by atoms with Gasteiger partial charge in [-0.05, 0) is 43.0 Å². The molecule has 0 unspecified atom stereocenters. The fraction of sp³-hybridized carbons (Fsp3) is 0.438. The van der Waals surface area contributed by atoms with Crippen LogP contribution in [0.4, 0.5) is 5.13 Å². The van der Waals surface area contributed by atoms with Gasteiger partial charge < -0.3 is 10.5 Å². The van der Waals surface area contributed by atoms with Crippen LogP contribution in [0, 0.1) is 0 Å². The topological polar surface area (TPSA) is 48.1 Å². The molecular formula is C16H20N2OS. The van der Waals surface area contributed by atoms with Gasteiger partial charge in [0, 0.05) is 10.4 Å². The lowest BCUT2D eigenvalue weighted by molar-refractivity contribution is 0.306. The van der Waals surface area contributed by atoms with Crippen LogP contribution in [0.15, 0.2) is 18.2 Å². The minimum atomic E-state index is 0.669. The van der Waals surface area contributed by atoms with E-state index in [1.807, 2.05) is 0 Å². The molecule has 4 heteroatoms. The molecule has 0 radical (unpaired) electrons. The van der Waals surface area contributed by atoms with Crippen LogP contribution in [-0.4, -0.2) is 11.6 Å². The van der Waals surface area contributed by atoms with E-state index in [9.17, 15) is 0 Å². The number of hydrogen-bond acceptors (Lipinski definition) is 4. The lowest BCUT2D eigenvalue weighted by atomic mass is 9.93. The zero-order valence-corrected chi connectivity index (χ0v) is 12.6. The SMILES string of the molecule is CCCCCOc1ccc2c(c1)CCc1sc(N)nc1-2. The standard InChI is InChI=1S/C16H20N2OS/c1-2-3-4-9-19-12-6-7-13-11(10-12)5-8-14-15(13)18-16(17)20-14/h6-7,10H,2-5,8-9H2,1H3,(H2,17,18). The van der Waals surface area contributed by atoms with E-state index in [1.54, 1.807) is 11.3 Å². The zero-order valence-electron chi connectivity index (χ0n) is 11.8. The largest absolute Gasteiger partial charge is 0.494 e. The highest BCUT2D eigenvalue weighted by Crippen LogP contribution is 2.38. The first-order valence-electron chi connectivity index (χ1n) is 7.29. The normalized spacial score (nSPS) is 12.8. The summed E-state index contributed by atoms with van der Waals surface area (Å²) in [5.41, 5.74) is 9.45. The van der Waals surface area contributed by atoms with Crippen LogP contribution in [-0.2, 0) is 12.8 Å². The summed E-state index contributed by atoms with van der Waals surface area (Å²) in [6, 6.07) is 6.34. The maximum Gasteiger partial charge on any atom is 0.180 e. The molecule has 0 fully saturated rings. The average molecular weight is 288 g/mol. The van der Waals surface area contributed by atoms with Crippen LogP contribution in [0.5, 0.6) is 5.75 Å². The molecule has 0 atom stereocenters. The molecule has 2 aromatic rings. The van der Waals surface area contributed by atoms with E-state index in [-0.39, 0.29) is 0 Å². The van der Waals surface area contributed by atoms with Gasteiger partial charge in [-0.3, -0.25) is 0 Å². The van der Waals surface area contributed by atoms with Crippen molar-refractivity contribution in [1.82, 2.24) is 4.98 Å². The number of nitrogens with zero attached hydrogens (tertiary/aromatic N) is 1. The summed E-state index contributed by atoms with van der Waals surface area (Å²) in [6.45, 7) is 3.01. The molecule has 1 aliphatic carbocycles. The molecule has 0 amide bonds. The second-order valence-electron chi connectivity index (χ2n) is 5.20. The highest BCUT2D eigenvalue weighted by Gasteiger charge is 2.20. The molecule has 0 bridgehead atoms. The van der Waals surface area contributed by atoms with Crippen molar-refractivity contribution >= 4 is 16.5 Å². The fourth-order valence-electron chi connectivity index (χ4n) is 2.64. The summed E-state index contributed by atoms with van der Waals surface area (Å²) in [5.74, 6) is 0.978. The minimum Gasteiger partial charge on any atom is -0.494 e. The van der Waals surface area contributed by atoms with Gasteiger partial charge >= 0.3 is 0 Å². The molecule has 1 heterocycles. The maximum atomic E-state index is 5.82. The molecule has 106 valence electrons. The first-order valence-corrected chi connectivity index (χ1v) is 8.11. The number of anilines is 1. The molecule has 1 aromatic carbocycles. The molecule has 0 aliphatic heterocycles. The van der Waals surface area contributed by atoms with Crippen molar-refractivity contribution in [2.45, 2.75) is 39.0 Å². The summed E-state index contributed by atoms with van der Waals surface area (Å²) in [7, 11) is 0. The van der Waals surface area contributed by atoms with Crippen molar-refractivity contribution in [3.05, 3.63) is 28.6 Å². The van der Waals surface area contributed by atoms with E-state index in [1.165, 1.54) is 28.8 Å². The first-order chi connectivity index (χ1) is 9.78. The first kappa shape index (κ1) is 13.4. The van der Waals surface area contributed by atoms with Gasteiger partial charge in [0.25, 0.3) is 0 Å². The third kappa shape index (κ3) is 2.66. The Morgan fingerprint density at radius 1 is 1.30 bits per heavy atom. The number of thiazole rings is 1. The van der Waals surface area contributed by atoms with Gasteiger partial charge in [-0.1, -0.05) is 19.8 Å². The van der Waals surface area contributed by atoms with E-state index in [2.05, 4.69) is 30.1 Å². The third-order valence-corrected chi connectivity index (χ3v) is 4.63. The molecule has 1 aromatic heterocycles. The van der Waals surface area contributed by atoms with Crippen LogP contribution in [0.1, 0.15) is 36.6 Å². The van der Waals surface area contributed by atoms with Crippen molar-refractivity contribution in [2.24, 2.45) is 0 Å². The molecule has 3 rings (SSSR count). The number of fused-ring (bicyclic) bond motifs is 3. The monoisotopic (exact) mass is 288 g/mol. The zero-order chi connectivity index (χ0) is 13.9. The molecular weight excluding hydrogens is 268 g/mol. The fourth-order valence-corrected chi connectivity index (χ4v) is 3.48. The van der Waals surface area contributed by atoms with Gasteiger partial charge in [-0.15, -0.1) is 11.3 Å². The number of nitrogens with two attached hydrogens (primary N) is 1. The van der Waals surface area contributed by atoms with E-state index < -0.39 is 0 Å². The lowest BCUT2D eigenvalue weighted by Crippen LogP contribution is -2.03. The molecule has 20 heavy (non-hydrogen) atoms. The lowest BCUT2D eigenvalue weighted by Gasteiger charge is -2.16. The van der Waals surface area contributed by atoms with Gasteiger partial charge in [0.05, 0.1) is 12.3 Å². The third-order valence-electron chi connectivity index (χ3n) is 3.68. The molecule has 3 nitrogen and oxygen atoms in total. The van der Waals surface area contributed by atoms with Gasteiger partial charge in [-0.25, -0.2) is 4.98 Å². The Balaban J connectivity index is 1.77. The predicted molar refractivity (Wildman–Crippen MR) is 84.4 cm³/mol. The highest BCUT2D eigenvalue weighted by atomic mass is 32.1. The van der Waals surface area contributed by atoms with Gasteiger partial charge in [-0.2, -0.15) is 0 Å². The maximum absolute atomic E-state index is 5.82. The van der Waals surface area contributed by atoms with Gasteiger partial charge in [0.1, 0.15) is 5.75 Å². The molecule has 0 spiro atoms. The summed E-state index contributed by atoms with van der Waals surface area (Å²) in [4.78, 5) is 5.78. The van der Waals surface area contributed by atoms with Crippen molar-refractivity contribution in [2.75, 3.05) is 12.3 Å².